The summed E-state index contributed by atoms with van der Waals surface area (Å²) in [6.45, 7) is 6.05. The van der Waals surface area contributed by atoms with Gasteiger partial charge in [0.2, 0.25) is 11.8 Å². The summed E-state index contributed by atoms with van der Waals surface area (Å²) in [5, 5.41) is 2.75. The minimum Gasteiger partial charge on any atom is -0.352 e. The van der Waals surface area contributed by atoms with Crippen LogP contribution in [0.15, 0.2) is 83.8 Å². The van der Waals surface area contributed by atoms with E-state index in [-0.39, 0.29) is 23.2 Å². The molecule has 0 saturated heterocycles. The highest BCUT2D eigenvalue weighted by Gasteiger charge is 2.35. The van der Waals surface area contributed by atoms with Gasteiger partial charge in [0.1, 0.15) is 12.6 Å². The molecule has 0 aliphatic rings. The maximum absolute atomic E-state index is 13.9. The fraction of sp³-hybridized carbons (Fsp3) is 0.310. The fourth-order valence-corrected chi connectivity index (χ4v) is 5.47. The van der Waals surface area contributed by atoms with E-state index >= 15 is 0 Å². The second kappa shape index (κ2) is 12.5. The monoisotopic (exact) mass is 575 g/mol. The molecule has 0 fully saturated rings. The lowest BCUT2D eigenvalue weighted by molar-refractivity contribution is -0.139. The first-order valence-electron chi connectivity index (χ1n) is 12.6. The van der Waals surface area contributed by atoms with Crippen molar-refractivity contribution in [1.29, 1.82) is 0 Å². The van der Waals surface area contributed by atoms with E-state index in [4.69, 9.17) is 0 Å². The molecule has 7 nitrogen and oxygen atoms in total. The van der Waals surface area contributed by atoms with E-state index in [0.717, 1.165) is 23.3 Å². The van der Waals surface area contributed by atoms with Crippen LogP contribution < -0.4 is 9.62 Å². The lowest BCUT2D eigenvalue weighted by atomic mass is 10.1. The van der Waals surface area contributed by atoms with Crippen LogP contribution in [-0.2, 0) is 32.3 Å². The Balaban J connectivity index is 2.09. The molecule has 214 valence electrons. The normalized spacial score (nSPS) is 12.6. The van der Waals surface area contributed by atoms with Crippen molar-refractivity contribution in [1.82, 2.24) is 10.2 Å². The molecule has 11 heteroatoms. The average molecular weight is 576 g/mol. The standard InChI is InChI=1S/C29H32F3N3O4S/c1-20(2)33-28(37)22(4)34(18-23-12-9-8-11-21(23)3)27(36)19-35(40(38,39)26-15-6-5-7-16-26)25-14-10-13-24(17-25)29(30,31)32/h5-17,20,22H,18-19H2,1-4H3,(H,33,37). The molecular weight excluding hydrogens is 543 g/mol. The van der Waals surface area contributed by atoms with Gasteiger partial charge in [0.25, 0.3) is 10.0 Å². The first-order valence-corrected chi connectivity index (χ1v) is 14.0. The Morgan fingerprint density at radius 3 is 2.12 bits per heavy atom. The molecule has 3 rings (SSSR count). The Bertz CT molecular complexity index is 1440. The Labute approximate surface area is 232 Å². The number of rotatable bonds is 10. The minimum atomic E-state index is -4.73. The zero-order chi connectivity index (χ0) is 29.7. The smallest absolute Gasteiger partial charge is 0.352 e. The minimum absolute atomic E-state index is 0.0139. The van der Waals surface area contributed by atoms with Crippen LogP contribution in [-0.4, -0.2) is 43.8 Å². The molecule has 3 aromatic carbocycles. The molecule has 0 radical (unpaired) electrons. The van der Waals surface area contributed by atoms with Gasteiger partial charge < -0.3 is 10.2 Å². The first-order chi connectivity index (χ1) is 18.7. The van der Waals surface area contributed by atoms with Crippen molar-refractivity contribution in [2.45, 2.75) is 57.4 Å². The number of nitrogens with zero attached hydrogens (tertiary/aromatic N) is 2. The quantitative estimate of drug-likeness (QED) is 0.362. The summed E-state index contributed by atoms with van der Waals surface area (Å²) in [7, 11) is -4.47. The van der Waals surface area contributed by atoms with Gasteiger partial charge in [-0.3, -0.25) is 13.9 Å². The van der Waals surface area contributed by atoms with Crippen molar-refractivity contribution in [2.75, 3.05) is 10.8 Å². The summed E-state index contributed by atoms with van der Waals surface area (Å²) in [6.07, 6.45) is -4.73. The number of carbonyl (C=O) groups is 2. The number of carbonyl (C=O) groups excluding carboxylic acids is 2. The van der Waals surface area contributed by atoms with E-state index in [0.29, 0.717) is 10.4 Å². The fourth-order valence-electron chi connectivity index (χ4n) is 4.04. The van der Waals surface area contributed by atoms with Crippen LogP contribution in [0.4, 0.5) is 18.9 Å². The van der Waals surface area contributed by atoms with Crippen LogP contribution in [0.1, 0.15) is 37.5 Å². The molecule has 0 spiro atoms. The molecule has 0 aliphatic heterocycles. The van der Waals surface area contributed by atoms with Crippen LogP contribution in [0.2, 0.25) is 0 Å². The van der Waals surface area contributed by atoms with Gasteiger partial charge >= 0.3 is 6.18 Å². The maximum atomic E-state index is 13.9. The van der Waals surface area contributed by atoms with Crippen molar-refractivity contribution in [3.05, 3.63) is 95.6 Å². The molecule has 0 saturated carbocycles. The van der Waals surface area contributed by atoms with Crippen molar-refractivity contribution >= 4 is 27.5 Å². The van der Waals surface area contributed by atoms with E-state index in [1.54, 1.807) is 32.0 Å². The summed E-state index contributed by atoms with van der Waals surface area (Å²) in [5.41, 5.74) is 0.189. The Morgan fingerprint density at radius 2 is 1.52 bits per heavy atom. The number of hydrogen-bond acceptors (Lipinski definition) is 4. The molecule has 1 atom stereocenters. The Hall–Kier alpha value is -3.86. The van der Waals surface area contributed by atoms with Crippen LogP contribution >= 0.6 is 0 Å². The molecule has 1 N–H and O–H groups in total. The van der Waals surface area contributed by atoms with E-state index in [9.17, 15) is 31.2 Å². The highest BCUT2D eigenvalue weighted by atomic mass is 32.2. The summed E-state index contributed by atoms with van der Waals surface area (Å²) < 4.78 is 68.7. The highest BCUT2D eigenvalue weighted by molar-refractivity contribution is 7.92. The van der Waals surface area contributed by atoms with Gasteiger partial charge in [-0.1, -0.05) is 48.5 Å². The SMILES string of the molecule is Cc1ccccc1CN(C(=O)CN(c1cccc(C(F)(F)F)c1)S(=O)(=O)c1ccccc1)C(C)C(=O)NC(C)C. The predicted octanol–water partition coefficient (Wildman–Crippen LogP) is 5.15. The summed E-state index contributed by atoms with van der Waals surface area (Å²) >= 11 is 0. The second-order valence-corrected chi connectivity index (χ2v) is 11.5. The van der Waals surface area contributed by atoms with Crippen LogP contribution in [0.3, 0.4) is 0 Å². The predicted molar refractivity (Wildman–Crippen MR) is 147 cm³/mol. The van der Waals surface area contributed by atoms with Gasteiger partial charge in [-0.15, -0.1) is 0 Å². The number of nitrogens with one attached hydrogen (secondary N) is 1. The van der Waals surface area contributed by atoms with E-state index in [1.807, 2.05) is 19.1 Å². The number of hydrogen-bond donors (Lipinski definition) is 1. The van der Waals surface area contributed by atoms with Gasteiger partial charge in [0, 0.05) is 12.6 Å². The lowest BCUT2D eigenvalue weighted by Gasteiger charge is -2.32. The third kappa shape index (κ3) is 7.41. The molecule has 0 aliphatic carbocycles. The van der Waals surface area contributed by atoms with Gasteiger partial charge in [-0.2, -0.15) is 13.2 Å². The maximum Gasteiger partial charge on any atom is 0.416 e. The third-order valence-electron chi connectivity index (χ3n) is 6.27. The van der Waals surface area contributed by atoms with Crippen LogP contribution in [0.25, 0.3) is 0 Å². The molecule has 0 aromatic heterocycles. The van der Waals surface area contributed by atoms with Gasteiger partial charge in [0.05, 0.1) is 16.1 Å². The van der Waals surface area contributed by atoms with E-state index in [1.165, 1.54) is 42.2 Å². The molecule has 2 amide bonds. The zero-order valence-electron chi connectivity index (χ0n) is 22.6. The Morgan fingerprint density at radius 1 is 0.900 bits per heavy atom. The van der Waals surface area contributed by atoms with Crippen molar-refractivity contribution in [2.24, 2.45) is 0 Å². The molecule has 0 heterocycles. The number of amides is 2. The van der Waals surface area contributed by atoms with Crippen LogP contribution in [0, 0.1) is 6.92 Å². The zero-order valence-corrected chi connectivity index (χ0v) is 23.5. The van der Waals surface area contributed by atoms with E-state index < -0.39 is 46.2 Å². The third-order valence-corrected chi connectivity index (χ3v) is 8.06. The summed E-state index contributed by atoms with van der Waals surface area (Å²) in [4.78, 5) is 27.8. The summed E-state index contributed by atoms with van der Waals surface area (Å²) in [6, 6.07) is 16.9. The van der Waals surface area contributed by atoms with Gasteiger partial charge in [-0.25, -0.2) is 8.42 Å². The number of benzene rings is 3. The molecule has 0 bridgehead atoms. The number of sulfonamides is 1. The lowest BCUT2D eigenvalue weighted by Crippen LogP contribution is -2.52. The topological polar surface area (TPSA) is 86.8 Å². The largest absolute Gasteiger partial charge is 0.416 e. The summed E-state index contributed by atoms with van der Waals surface area (Å²) in [5.74, 6) is -1.21. The van der Waals surface area contributed by atoms with E-state index in [2.05, 4.69) is 5.32 Å². The highest BCUT2D eigenvalue weighted by Crippen LogP contribution is 2.33. The molecule has 1 unspecified atom stereocenters. The molecular formula is C29H32F3N3O4S. The van der Waals surface area contributed by atoms with Gasteiger partial charge in [0.15, 0.2) is 0 Å². The first kappa shape index (κ1) is 30.7. The van der Waals surface area contributed by atoms with Crippen molar-refractivity contribution < 1.29 is 31.2 Å². The second-order valence-electron chi connectivity index (χ2n) is 9.66. The van der Waals surface area contributed by atoms with Crippen molar-refractivity contribution in [3.8, 4) is 0 Å². The van der Waals surface area contributed by atoms with Crippen LogP contribution in [0.5, 0.6) is 0 Å². The Kier molecular flexibility index (Phi) is 9.62. The molecule has 3 aromatic rings. The van der Waals surface area contributed by atoms with Gasteiger partial charge in [-0.05, 0) is 69.2 Å². The number of alkyl halides is 3. The molecule has 40 heavy (non-hydrogen) atoms. The number of halogens is 3. The number of aryl methyl sites for hydroxylation is 1. The number of anilines is 1. The van der Waals surface area contributed by atoms with Crippen molar-refractivity contribution in [3.63, 3.8) is 0 Å². The average Bonchev–Trinajstić information content (AvgIpc) is 2.90.